The number of thiophene rings is 1. The second-order valence-corrected chi connectivity index (χ2v) is 5.84. The first-order valence-electron chi connectivity index (χ1n) is 5.34. The van der Waals surface area contributed by atoms with Crippen molar-refractivity contribution < 1.29 is 0 Å². The highest BCUT2D eigenvalue weighted by Crippen LogP contribution is 2.24. The van der Waals surface area contributed by atoms with Crippen molar-refractivity contribution in [2.75, 3.05) is 17.4 Å². The normalized spacial score (nSPS) is 10.4. The summed E-state index contributed by atoms with van der Waals surface area (Å²) in [7, 11) is 2.00. The van der Waals surface area contributed by atoms with Gasteiger partial charge < -0.3 is 4.90 Å². The van der Waals surface area contributed by atoms with Crippen LogP contribution in [0.4, 0.5) is 11.8 Å². The lowest BCUT2D eigenvalue weighted by molar-refractivity contribution is 0.894. The maximum atomic E-state index is 5.33. The van der Waals surface area contributed by atoms with Crippen LogP contribution in [0.3, 0.4) is 0 Å². The van der Waals surface area contributed by atoms with Crippen LogP contribution >= 0.6 is 27.3 Å². The fraction of sp³-hybridized carbons (Fsp3) is 0.273. The second-order valence-electron chi connectivity index (χ2n) is 3.93. The van der Waals surface area contributed by atoms with E-state index in [-0.39, 0.29) is 0 Å². The van der Waals surface area contributed by atoms with Gasteiger partial charge in [-0.2, -0.15) is 4.98 Å². The Morgan fingerprint density at radius 1 is 1.56 bits per heavy atom. The summed E-state index contributed by atoms with van der Waals surface area (Å²) in [5, 5.41) is 2.07. The number of aryl methyl sites for hydroxylation is 1. The van der Waals surface area contributed by atoms with Crippen LogP contribution in [0.15, 0.2) is 22.1 Å². The average molecular weight is 328 g/mol. The molecular weight excluding hydrogens is 314 g/mol. The minimum atomic E-state index is 0.426. The van der Waals surface area contributed by atoms with E-state index in [1.807, 2.05) is 14.0 Å². The zero-order chi connectivity index (χ0) is 13.1. The first kappa shape index (κ1) is 13.3. The molecule has 0 saturated heterocycles. The van der Waals surface area contributed by atoms with Gasteiger partial charge in [0, 0.05) is 33.5 Å². The molecule has 0 aliphatic heterocycles. The molecule has 0 unspecified atom stereocenters. The largest absolute Gasteiger partial charge is 0.354 e. The molecule has 0 amide bonds. The molecule has 0 radical (unpaired) electrons. The van der Waals surface area contributed by atoms with Gasteiger partial charge in [-0.15, -0.1) is 11.3 Å². The van der Waals surface area contributed by atoms with Gasteiger partial charge in [-0.1, -0.05) is 0 Å². The summed E-state index contributed by atoms with van der Waals surface area (Å²) >= 11 is 5.17. The number of nitrogen functional groups attached to an aromatic ring is 1. The topological polar surface area (TPSA) is 67.1 Å². The summed E-state index contributed by atoms with van der Waals surface area (Å²) in [5.41, 5.74) is 3.48. The molecule has 0 fully saturated rings. The molecule has 2 aromatic rings. The van der Waals surface area contributed by atoms with Crippen LogP contribution in [0.2, 0.25) is 0 Å². The van der Waals surface area contributed by atoms with Gasteiger partial charge >= 0.3 is 0 Å². The molecule has 96 valence electrons. The Balaban J connectivity index is 2.20. The molecule has 0 atom stereocenters. The molecule has 2 aromatic heterocycles. The molecule has 0 saturated carbocycles. The molecule has 0 spiro atoms. The number of nitrogens with zero attached hydrogens (tertiary/aromatic N) is 3. The molecule has 2 rings (SSSR count). The van der Waals surface area contributed by atoms with E-state index < -0.39 is 0 Å². The molecule has 2 heterocycles. The highest BCUT2D eigenvalue weighted by molar-refractivity contribution is 9.10. The number of nitrogens with two attached hydrogens (primary N) is 1. The maximum absolute atomic E-state index is 5.33. The Morgan fingerprint density at radius 2 is 2.33 bits per heavy atom. The van der Waals surface area contributed by atoms with E-state index >= 15 is 0 Å². The number of nitrogens with one attached hydrogen (secondary N) is 1. The zero-order valence-corrected chi connectivity index (χ0v) is 12.5. The van der Waals surface area contributed by atoms with E-state index in [0.717, 1.165) is 22.4 Å². The first-order chi connectivity index (χ1) is 8.60. The standard InChI is InChI=1S/C11H14BrN5S/c1-7-4-14-11(16-13)15-10(7)17(2)5-9-3-8(12)6-18-9/h3-4,6H,5,13H2,1-2H3,(H,14,15,16). The van der Waals surface area contributed by atoms with Crippen molar-refractivity contribution in [3.05, 3.63) is 32.6 Å². The highest BCUT2D eigenvalue weighted by atomic mass is 79.9. The van der Waals surface area contributed by atoms with Gasteiger partial charge in [0.15, 0.2) is 0 Å². The summed E-state index contributed by atoms with van der Waals surface area (Å²) in [6.45, 7) is 2.79. The van der Waals surface area contributed by atoms with Crippen LogP contribution in [0, 0.1) is 6.92 Å². The fourth-order valence-electron chi connectivity index (χ4n) is 1.63. The number of halogens is 1. The first-order valence-corrected chi connectivity index (χ1v) is 7.01. The van der Waals surface area contributed by atoms with Crippen LogP contribution in [-0.2, 0) is 6.54 Å². The van der Waals surface area contributed by atoms with Gasteiger partial charge in [-0.25, -0.2) is 10.8 Å². The van der Waals surface area contributed by atoms with E-state index in [2.05, 4.69) is 47.7 Å². The number of hydrogen-bond donors (Lipinski definition) is 2. The minimum absolute atomic E-state index is 0.426. The summed E-state index contributed by atoms with van der Waals surface area (Å²) in [4.78, 5) is 11.8. The number of hydrogen-bond acceptors (Lipinski definition) is 6. The third-order valence-corrected chi connectivity index (χ3v) is 4.13. The molecule has 0 aliphatic carbocycles. The Morgan fingerprint density at radius 3 is 2.94 bits per heavy atom. The van der Waals surface area contributed by atoms with E-state index in [4.69, 9.17) is 5.84 Å². The molecule has 0 aliphatic rings. The summed E-state index contributed by atoms with van der Waals surface area (Å²) < 4.78 is 1.11. The lowest BCUT2D eigenvalue weighted by atomic mass is 10.3. The third kappa shape index (κ3) is 2.98. The van der Waals surface area contributed by atoms with Crippen molar-refractivity contribution in [2.24, 2.45) is 5.84 Å². The van der Waals surface area contributed by atoms with Gasteiger partial charge in [-0.3, -0.25) is 5.43 Å². The van der Waals surface area contributed by atoms with Crippen LogP contribution in [-0.4, -0.2) is 17.0 Å². The number of anilines is 2. The molecule has 3 N–H and O–H groups in total. The van der Waals surface area contributed by atoms with Gasteiger partial charge in [0.2, 0.25) is 5.95 Å². The van der Waals surface area contributed by atoms with Crippen molar-refractivity contribution >= 4 is 39.0 Å². The summed E-state index contributed by atoms with van der Waals surface area (Å²) in [6.07, 6.45) is 1.76. The van der Waals surface area contributed by atoms with Crippen molar-refractivity contribution in [2.45, 2.75) is 13.5 Å². The van der Waals surface area contributed by atoms with Crippen molar-refractivity contribution in [1.29, 1.82) is 0 Å². The Labute approximate surface area is 118 Å². The maximum Gasteiger partial charge on any atom is 0.239 e. The molecular formula is C11H14BrN5S. The monoisotopic (exact) mass is 327 g/mol. The van der Waals surface area contributed by atoms with Crippen LogP contribution in [0.5, 0.6) is 0 Å². The van der Waals surface area contributed by atoms with Gasteiger partial charge in [0.1, 0.15) is 5.82 Å². The Hall–Kier alpha value is -1.18. The van der Waals surface area contributed by atoms with Gasteiger partial charge in [-0.05, 0) is 28.9 Å². The number of hydrazine groups is 1. The highest BCUT2D eigenvalue weighted by Gasteiger charge is 2.10. The fourth-order valence-corrected chi connectivity index (χ4v) is 3.14. The zero-order valence-electron chi connectivity index (χ0n) is 10.1. The molecule has 0 aromatic carbocycles. The van der Waals surface area contributed by atoms with Gasteiger partial charge in [0.25, 0.3) is 0 Å². The van der Waals surface area contributed by atoms with E-state index in [1.165, 1.54) is 4.88 Å². The average Bonchev–Trinajstić information content (AvgIpc) is 2.75. The molecule has 5 nitrogen and oxygen atoms in total. The number of rotatable bonds is 4. The number of aromatic nitrogens is 2. The SMILES string of the molecule is Cc1cnc(NN)nc1N(C)Cc1cc(Br)cs1. The predicted octanol–water partition coefficient (Wildman–Crippen LogP) is 2.53. The molecule has 0 bridgehead atoms. The van der Waals surface area contributed by atoms with Crippen molar-refractivity contribution in [1.82, 2.24) is 9.97 Å². The lowest BCUT2D eigenvalue weighted by Crippen LogP contribution is -2.20. The third-order valence-electron chi connectivity index (χ3n) is 2.45. The predicted molar refractivity (Wildman–Crippen MR) is 78.7 cm³/mol. The van der Waals surface area contributed by atoms with Crippen molar-refractivity contribution in [3.63, 3.8) is 0 Å². The lowest BCUT2D eigenvalue weighted by Gasteiger charge is -2.19. The Kier molecular flexibility index (Phi) is 4.15. The van der Waals surface area contributed by atoms with Crippen LogP contribution in [0.1, 0.15) is 10.4 Å². The summed E-state index contributed by atoms with van der Waals surface area (Å²) in [5.74, 6) is 6.63. The van der Waals surface area contributed by atoms with E-state index in [0.29, 0.717) is 5.95 Å². The summed E-state index contributed by atoms with van der Waals surface area (Å²) in [6, 6.07) is 2.11. The van der Waals surface area contributed by atoms with Crippen LogP contribution in [0.25, 0.3) is 0 Å². The molecule has 18 heavy (non-hydrogen) atoms. The van der Waals surface area contributed by atoms with Gasteiger partial charge in [0.05, 0.1) is 6.54 Å². The minimum Gasteiger partial charge on any atom is -0.354 e. The second kappa shape index (κ2) is 5.64. The quantitative estimate of drug-likeness (QED) is 0.667. The van der Waals surface area contributed by atoms with E-state index in [9.17, 15) is 0 Å². The Bertz CT molecular complexity index is 542. The van der Waals surface area contributed by atoms with Crippen molar-refractivity contribution in [3.8, 4) is 0 Å². The smallest absolute Gasteiger partial charge is 0.239 e. The van der Waals surface area contributed by atoms with E-state index in [1.54, 1.807) is 17.5 Å². The van der Waals surface area contributed by atoms with Crippen LogP contribution < -0.4 is 16.2 Å². The molecule has 7 heteroatoms.